The Balaban J connectivity index is 1.81. The van der Waals surface area contributed by atoms with Crippen LogP contribution in [0.5, 0.6) is 5.75 Å². The zero-order chi connectivity index (χ0) is 18.2. The van der Waals surface area contributed by atoms with Crippen LogP contribution in [0.3, 0.4) is 0 Å². The molecule has 0 aliphatic heterocycles. The van der Waals surface area contributed by atoms with Crippen LogP contribution >= 0.6 is 0 Å². The summed E-state index contributed by atoms with van der Waals surface area (Å²) in [6, 6.07) is 9.33. The number of furan rings is 1. The first-order chi connectivity index (χ1) is 12.0. The molecule has 25 heavy (non-hydrogen) atoms. The number of hydrogen-bond acceptors (Lipinski definition) is 4. The van der Waals surface area contributed by atoms with E-state index < -0.39 is 11.8 Å². The van der Waals surface area contributed by atoms with Gasteiger partial charge in [0.05, 0.1) is 6.26 Å². The van der Waals surface area contributed by atoms with E-state index in [0.717, 1.165) is 11.1 Å². The molecular formula is C19H22N2O4. The van der Waals surface area contributed by atoms with Gasteiger partial charge in [0.25, 0.3) is 11.8 Å². The molecule has 2 rings (SSSR count). The molecule has 0 unspecified atom stereocenters. The first kappa shape index (κ1) is 18.3. The lowest BCUT2D eigenvalue weighted by Gasteiger charge is -2.14. The van der Waals surface area contributed by atoms with Gasteiger partial charge in [0.15, 0.2) is 6.61 Å². The van der Waals surface area contributed by atoms with Gasteiger partial charge < -0.3 is 9.15 Å². The minimum Gasteiger partial charge on any atom is -0.483 e. The van der Waals surface area contributed by atoms with Crippen LogP contribution in [-0.4, -0.2) is 18.4 Å². The Hall–Kier alpha value is -3.02. The Bertz CT molecular complexity index is 749. The smallest absolute Gasteiger partial charge is 0.276 e. The minimum absolute atomic E-state index is 0.189. The molecule has 0 fully saturated rings. The summed E-state index contributed by atoms with van der Waals surface area (Å²) in [7, 11) is 0. The molecule has 0 saturated carbocycles. The van der Waals surface area contributed by atoms with Gasteiger partial charge in [-0.2, -0.15) is 0 Å². The first-order valence-corrected chi connectivity index (χ1v) is 7.99. The molecule has 2 N–H and O–H groups in total. The number of amides is 2. The van der Waals surface area contributed by atoms with Gasteiger partial charge in [-0.05, 0) is 48.2 Å². The second kappa shape index (κ2) is 8.73. The number of carbonyl (C=O) groups excluding carboxylic acids is 2. The van der Waals surface area contributed by atoms with E-state index in [1.165, 1.54) is 18.4 Å². The molecule has 1 aromatic carbocycles. The number of rotatable bonds is 6. The topological polar surface area (TPSA) is 80.6 Å². The number of ether oxygens (including phenoxy) is 1. The van der Waals surface area contributed by atoms with Gasteiger partial charge in [-0.3, -0.25) is 20.4 Å². The Labute approximate surface area is 146 Å². The van der Waals surface area contributed by atoms with E-state index in [4.69, 9.17) is 9.15 Å². The molecule has 6 heteroatoms. The SMILES string of the molecule is Cc1ccc(C(C)C)c(OCC(=O)NNC(=O)/C=C/c2ccco2)c1. The van der Waals surface area contributed by atoms with E-state index in [9.17, 15) is 9.59 Å². The fraction of sp³-hybridized carbons (Fsp3) is 0.263. The third-order valence-electron chi connectivity index (χ3n) is 3.42. The molecule has 0 bridgehead atoms. The van der Waals surface area contributed by atoms with E-state index >= 15 is 0 Å². The van der Waals surface area contributed by atoms with Gasteiger partial charge in [0, 0.05) is 6.08 Å². The molecule has 0 atom stereocenters. The summed E-state index contributed by atoms with van der Waals surface area (Å²) in [5.41, 5.74) is 6.67. The summed E-state index contributed by atoms with van der Waals surface area (Å²) in [6.45, 7) is 5.89. The van der Waals surface area contributed by atoms with Crippen molar-refractivity contribution >= 4 is 17.9 Å². The van der Waals surface area contributed by atoms with E-state index in [1.807, 2.05) is 25.1 Å². The summed E-state index contributed by atoms with van der Waals surface area (Å²) < 4.78 is 10.7. The summed E-state index contributed by atoms with van der Waals surface area (Å²) in [4.78, 5) is 23.4. The quantitative estimate of drug-likeness (QED) is 0.625. The highest BCUT2D eigenvalue weighted by molar-refractivity contribution is 5.92. The van der Waals surface area contributed by atoms with Crippen LogP contribution in [0.2, 0.25) is 0 Å². The van der Waals surface area contributed by atoms with Crippen molar-refractivity contribution in [2.24, 2.45) is 0 Å². The van der Waals surface area contributed by atoms with Crippen LogP contribution in [0.4, 0.5) is 0 Å². The van der Waals surface area contributed by atoms with Gasteiger partial charge >= 0.3 is 0 Å². The normalized spacial score (nSPS) is 10.9. The van der Waals surface area contributed by atoms with E-state index in [1.54, 1.807) is 12.1 Å². The molecule has 1 heterocycles. The van der Waals surface area contributed by atoms with Gasteiger partial charge in [-0.25, -0.2) is 0 Å². The van der Waals surface area contributed by atoms with Gasteiger partial charge in [-0.15, -0.1) is 0 Å². The fourth-order valence-corrected chi connectivity index (χ4v) is 2.14. The molecule has 2 aromatic rings. The third-order valence-corrected chi connectivity index (χ3v) is 3.42. The largest absolute Gasteiger partial charge is 0.483 e. The molecule has 2 amide bonds. The molecule has 0 radical (unpaired) electrons. The number of hydrogen-bond donors (Lipinski definition) is 2. The van der Waals surface area contributed by atoms with Crippen molar-refractivity contribution < 1.29 is 18.7 Å². The van der Waals surface area contributed by atoms with Crippen molar-refractivity contribution in [3.05, 3.63) is 59.6 Å². The Morgan fingerprint density at radius 1 is 1.24 bits per heavy atom. The van der Waals surface area contributed by atoms with Crippen LogP contribution in [-0.2, 0) is 9.59 Å². The van der Waals surface area contributed by atoms with E-state index in [0.29, 0.717) is 11.5 Å². The monoisotopic (exact) mass is 342 g/mol. The number of aryl methyl sites for hydroxylation is 1. The second-order valence-corrected chi connectivity index (χ2v) is 5.87. The highest BCUT2D eigenvalue weighted by Gasteiger charge is 2.10. The van der Waals surface area contributed by atoms with Crippen molar-refractivity contribution in [2.45, 2.75) is 26.7 Å². The molecular weight excluding hydrogens is 320 g/mol. The molecule has 132 valence electrons. The maximum Gasteiger partial charge on any atom is 0.276 e. The predicted octanol–water partition coefficient (Wildman–Crippen LogP) is 2.95. The lowest BCUT2D eigenvalue weighted by Crippen LogP contribution is -2.43. The number of nitrogens with one attached hydrogen (secondary N) is 2. The summed E-state index contributed by atoms with van der Waals surface area (Å²) in [5, 5.41) is 0. The highest BCUT2D eigenvalue weighted by atomic mass is 16.5. The average molecular weight is 342 g/mol. The maximum atomic E-state index is 11.8. The second-order valence-electron chi connectivity index (χ2n) is 5.87. The van der Waals surface area contributed by atoms with Crippen LogP contribution in [0.1, 0.15) is 36.7 Å². The van der Waals surface area contributed by atoms with Crippen molar-refractivity contribution in [1.29, 1.82) is 0 Å². The highest BCUT2D eigenvalue weighted by Crippen LogP contribution is 2.27. The molecule has 1 aromatic heterocycles. The van der Waals surface area contributed by atoms with Gasteiger partial charge in [0.1, 0.15) is 11.5 Å². The van der Waals surface area contributed by atoms with Crippen LogP contribution in [0, 0.1) is 6.92 Å². The van der Waals surface area contributed by atoms with Crippen LogP contribution < -0.4 is 15.6 Å². The zero-order valence-corrected chi connectivity index (χ0v) is 14.5. The minimum atomic E-state index is -0.469. The molecule has 0 saturated heterocycles. The fourth-order valence-electron chi connectivity index (χ4n) is 2.14. The van der Waals surface area contributed by atoms with E-state index in [2.05, 4.69) is 24.7 Å². The average Bonchev–Trinajstić information content (AvgIpc) is 3.09. The van der Waals surface area contributed by atoms with Crippen molar-refractivity contribution in [1.82, 2.24) is 10.9 Å². The van der Waals surface area contributed by atoms with Crippen LogP contribution in [0.25, 0.3) is 6.08 Å². The van der Waals surface area contributed by atoms with Crippen molar-refractivity contribution in [3.63, 3.8) is 0 Å². The standard InChI is InChI=1S/C19H22N2O4/c1-13(2)16-8-6-14(3)11-17(16)25-12-19(23)21-20-18(22)9-7-15-5-4-10-24-15/h4-11,13H,12H2,1-3H3,(H,20,22)(H,21,23)/b9-7+. The number of carbonyl (C=O) groups is 2. The van der Waals surface area contributed by atoms with Crippen LogP contribution in [0.15, 0.2) is 47.1 Å². The van der Waals surface area contributed by atoms with Gasteiger partial charge in [0.2, 0.25) is 0 Å². The van der Waals surface area contributed by atoms with E-state index in [-0.39, 0.29) is 12.5 Å². The van der Waals surface area contributed by atoms with Gasteiger partial charge in [-0.1, -0.05) is 26.0 Å². The summed E-state index contributed by atoms with van der Waals surface area (Å²) in [6.07, 6.45) is 4.27. The van der Waals surface area contributed by atoms with Crippen molar-refractivity contribution in [2.75, 3.05) is 6.61 Å². The Kier molecular flexibility index (Phi) is 6.39. The first-order valence-electron chi connectivity index (χ1n) is 7.99. The summed E-state index contributed by atoms with van der Waals surface area (Å²) in [5.74, 6) is 0.587. The van der Waals surface area contributed by atoms with Crippen molar-refractivity contribution in [3.8, 4) is 5.75 Å². The predicted molar refractivity (Wildman–Crippen MR) is 94.8 cm³/mol. The lowest BCUT2D eigenvalue weighted by molar-refractivity contribution is -0.128. The lowest BCUT2D eigenvalue weighted by atomic mass is 10.0. The third kappa shape index (κ3) is 5.84. The Morgan fingerprint density at radius 2 is 2.04 bits per heavy atom. The molecule has 0 aliphatic carbocycles. The molecule has 0 spiro atoms. The maximum absolute atomic E-state index is 11.8. The zero-order valence-electron chi connectivity index (χ0n) is 14.5. The molecule has 0 aliphatic rings. The number of hydrazine groups is 1. The number of benzene rings is 1. The molecule has 6 nitrogen and oxygen atoms in total. The Morgan fingerprint density at radius 3 is 2.72 bits per heavy atom. The summed E-state index contributed by atoms with van der Waals surface area (Å²) >= 11 is 0.